The van der Waals surface area contributed by atoms with E-state index < -0.39 is 16.0 Å². The maximum atomic E-state index is 13.2. The van der Waals surface area contributed by atoms with E-state index in [0.717, 1.165) is 42.6 Å². The Morgan fingerprint density at radius 2 is 1.49 bits per heavy atom. The molecular formula is C28H28ClNO6S. The average molecular weight is 542 g/mol. The number of benzene rings is 2. The third-order valence-corrected chi connectivity index (χ3v) is 8.85. The lowest BCUT2D eigenvalue weighted by Crippen LogP contribution is -2.37. The number of ketones is 2. The number of Topliss-reactive ketones (excluding diaryl/α,β-unsaturated/α-hetero) is 2. The summed E-state index contributed by atoms with van der Waals surface area (Å²) in [5, 5.41) is 0.0137. The Morgan fingerprint density at radius 1 is 0.919 bits per heavy atom. The first-order valence-corrected chi connectivity index (χ1v) is 14.1. The molecule has 0 unspecified atom stereocenters. The first-order chi connectivity index (χ1) is 17.6. The van der Waals surface area contributed by atoms with Gasteiger partial charge in [-0.2, -0.15) is 8.42 Å². The summed E-state index contributed by atoms with van der Waals surface area (Å²) >= 11 is 6.62. The highest BCUT2D eigenvalue weighted by Crippen LogP contribution is 2.50. The number of ether oxygens (including phenoxy) is 1. The Labute approximate surface area is 221 Å². The van der Waals surface area contributed by atoms with Gasteiger partial charge < -0.3 is 13.8 Å². The first-order valence-electron chi connectivity index (χ1n) is 12.3. The van der Waals surface area contributed by atoms with Crippen molar-refractivity contribution in [1.29, 1.82) is 0 Å². The molecule has 0 N–H and O–H groups in total. The molecular weight excluding hydrogens is 514 g/mol. The highest BCUT2D eigenvalue weighted by molar-refractivity contribution is 7.87. The predicted molar refractivity (Wildman–Crippen MR) is 139 cm³/mol. The van der Waals surface area contributed by atoms with Crippen LogP contribution < -0.4 is 8.92 Å². The number of rotatable bonds is 5. The van der Waals surface area contributed by atoms with Gasteiger partial charge in [0, 0.05) is 48.3 Å². The van der Waals surface area contributed by atoms with Gasteiger partial charge in [-0.05, 0) is 62.4 Å². The van der Waals surface area contributed by atoms with E-state index in [4.69, 9.17) is 20.5 Å². The maximum absolute atomic E-state index is 13.2. The van der Waals surface area contributed by atoms with Crippen LogP contribution in [0.25, 0.3) is 0 Å². The van der Waals surface area contributed by atoms with Crippen LogP contribution in [0.5, 0.6) is 11.5 Å². The van der Waals surface area contributed by atoms with Crippen molar-refractivity contribution in [3.05, 3.63) is 75.1 Å². The lowest BCUT2D eigenvalue weighted by molar-refractivity contribution is -0.117. The first kappa shape index (κ1) is 25.5. The molecule has 0 atom stereocenters. The summed E-state index contributed by atoms with van der Waals surface area (Å²) in [4.78, 5) is 28.5. The molecule has 37 heavy (non-hydrogen) atoms. The van der Waals surface area contributed by atoms with Crippen molar-refractivity contribution < 1.29 is 26.9 Å². The van der Waals surface area contributed by atoms with Crippen molar-refractivity contribution in [2.45, 2.75) is 56.3 Å². The molecule has 0 saturated carbocycles. The number of carbonyl (C=O) groups is 2. The Balaban J connectivity index is 1.63. The van der Waals surface area contributed by atoms with E-state index in [1.807, 2.05) is 18.9 Å². The third-order valence-electron chi connectivity index (χ3n) is 7.33. The zero-order valence-electron chi connectivity index (χ0n) is 21.0. The molecule has 9 heteroatoms. The van der Waals surface area contributed by atoms with Gasteiger partial charge in [-0.15, -0.1) is 0 Å². The van der Waals surface area contributed by atoms with E-state index in [2.05, 4.69) is 0 Å². The second-order valence-corrected chi connectivity index (χ2v) is 11.6. The quantitative estimate of drug-likeness (QED) is 0.464. The average Bonchev–Trinajstić information content (AvgIpc) is 2.86. The van der Waals surface area contributed by atoms with Gasteiger partial charge >= 0.3 is 10.1 Å². The second kappa shape index (κ2) is 9.65. The molecule has 1 heterocycles. The minimum atomic E-state index is -4.18. The van der Waals surface area contributed by atoms with Gasteiger partial charge in [0.1, 0.15) is 4.90 Å². The van der Waals surface area contributed by atoms with Crippen LogP contribution in [0.15, 0.2) is 63.8 Å². The number of methoxy groups -OCH3 is 1. The summed E-state index contributed by atoms with van der Waals surface area (Å²) in [5.74, 6) is -0.598. The number of carbonyl (C=O) groups excluding carboxylic acids is 2. The Kier molecular flexibility index (Phi) is 6.66. The van der Waals surface area contributed by atoms with E-state index in [-0.39, 0.29) is 33.0 Å². The molecule has 0 amide bonds. The fraction of sp³-hybridized carbons (Fsp3) is 0.357. The molecule has 7 nitrogen and oxygen atoms in total. The van der Waals surface area contributed by atoms with E-state index in [1.54, 1.807) is 24.3 Å². The van der Waals surface area contributed by atoms with Gasteiger partial charge in [0.25, 0.3) is 0 Å². The van der Waals surface area contributed by atoms with Crippen molar-refractivity contribution in [2.24, 2.45) is 0 Å². The fourth-order valence-electron chi connectivity index (χ4n) is 5.54. The molecule has 0 fully saturated rings. The minimum Gasteiger partial charge on any atom is -0.493 e. The molecule has 2 aliphatic carbocycles. The number of halogens is 1. The van der Waals surface area contributed by atoms with Gasteiger partial charge in [0.2, 0.25) is 5.75 Å². The smallest absolute Gasteiger partial charge is 0.339 e. The zero-order valence-corrected chi connectivity index (χ0v) is 22.5. The van der Waals surface area contributed by atoms with Crippen LogP contribution in [0.2, 0.25) is 5.02 Å². The lowest BCUT2D eigenvalue weighted by atomic mass is 9.71. The van der Waals surface area contributed by atoms with E-state index in [0.29, 0.717) is 29.6 Å². The van der Waals surface area contributed by atoms with Crippen molar-refractivity contribution >= 4 is 33.3 Å². The summed E-state index contributed by atoms with van der Waals surface area (Å²) in [6.07, 6.45) is 3.86. The molecule has 0 saturated heterocycles. The summed E-state index contributed by atoms with van der Waals surface area (Å²) < 4.78 is 36.9. The molecule has 194 valence electrons. The van der Waals surface area contributed by atoms with E-state index in [9.17, 15) is 18.0 Å². The Hall–Kier alpha value is -3.10. The van der Waals surface area contributed by atoms with Gasteiger partial charge in [-0.3, -0.25) is 9.59 Å². The molecule has 0 bridgehead atoms. The highest BCUT2D eigenvalue weighted by Gasteiger charge is 2.42. The van der Waals surface area contributed by atoms with Gasteiger partial charge in [0.15, 0.2) is 17.3 Å². The van der Waals surface area contributed by atoms with Gasteiger partial charge in [-0.25, -0.2) is 0 Å². The minimum absolute atomic E-state index is 0.0131. The number of hydrogen-bond acceptors (Lipinski definition) is 7. The molecule has 2 aromatic carbocycles. The molecule has 5 rings (SSSR count). The molecule has 0 aromatic heterocycles. The van der Waals surface area contributed by atoms with E-state index in [1.165, 1.54) is 19.2 Å². The van der Waals surface area contributed by atoms with Gasteiger partial charge in [-0.1, -0.05) is 29.3 Å². The summed E-state index contributed by atoms with van der Waals surface area (Å²) in [6.45, 7) is 1.86. The maximum Gasteiger partial charge on any atom is 0.339 e. The summed E-state index contributed by atoms with van der Waals surface area (Å²) in [5.41, 5.74) is 4.61. The standard InChI is InChI=1S/C28H28ClNO6S/c1-16-10-12-18(13-11-16)37(33,34)36-28-19(29)14-17(15-24(28)35-3)25-26-20(6-4-8-22(26)31)30(2)21-7-5-9-23(32)27(21)25/h10-15,25H,4-9H2,1-3H3. The summed E-state index contributed by atoms with van der Waals surface area (Å²) in [6, 6.07) is 9.49. The number of nitrogens with zero attached hydrogens (tertiary/aromatic N) is 1. The Morgan fingerprint density at radius 3 is 2.03 bits per heavy atom. The number of aryl methyl sites for hydroxylation is 1. The highest BCUT2D eigenvalue weighted by atomic mass is 35.5. The fourth-order valence-corrected chi connectivity index (χ4v) is 6.80. The van der Waals surface area contributed by atoms with Crippen LogP contribution in [0.3, 0.4) is 0 Å². The monoisotopic (exact) mass is 541 g/mol. The van der Waals surface area contributed by atoms with Crippen LogP contribution in [0.4, 0.5) is 0 Å². The largest absolute Gasteiger partial charge is 0.493 e. The van der Waals surface area contributed by atoms with Crippen LogP contribution in [-0.2, 0) is 19.7 Å². The number of hydrogen-bond donors (Lipinski definition) is 0. The van der Waals surface area contributed by atoms with Crippen LogP contribution in [0, 0.1) is 6.92 Å². The normalized spacial score (nSPS) is 18.6. The van der Waals surface area contributed by atoms with Crippen LogP contribution >= 0.6 is 11.6 Å². The predicted octanol–water partition coefficient (Wildman–Crippen LogP) is 5.47. The molecule has 2 aromatic rings. The summed E-state index contributed by atoms with van der Waals surface area (Å²) in [7, 11) is -0.863. The van der Waals surface area contributed by atoms with E-state index >= 15 is 0 Å². The lowest BCUT2D eigenvalue weighted by Gasteiger charge is -2.42. The molecule has 0 radical (unpaired) electrons. The number of allylic oxidation sites excluding steroid dienone is 4. The molecule has 3 aliphatic rings. The third kappa shape index (κ3) is 4.46. The topological polar surface area (TPSA) is 90.0 Å². The SMILES string of the molecule is COc1cc(C2C3=C(CCCC3=O)N(C)C3=C2C(=O)CCC3)cc(Cl)c1OS(=O)(=O)c1ccc(C)cc1. The molecule has 1 aliphatic heterocycles. The van der Waals surface area contributed by atoms with Crippen LogP contribution in [-0.4, -0.2) is 39.0 Å². The zero-order chi connectivity index (χ0) is 26.5. The van der Waals surface area contributed by atoms with Crippen molar-refractivity contribution in [3.63, 3.8) is 0 Å². The van der Waals surface area contributed by atoms with Gasteiger partial charge in [0.05, 0.1) is 12.1 Å². The molecule has 0 spiro atoms. The van der Waals surface area contributed by atoms with Crippen molar-refractivity contribution in [1.82, 2.24) is 4.90 Å². The second-order valence-electron chi connectivity index (χ2n) is 9.65. The van der Waals surface area contributed by atoms with Crippen LogP contribution in [0.1, 0.15) is 55.6 Å². The van der Waals surface area contributed by atoms with Crippen molar-refractivity contribution in [3.8, 4) is 11.5 Å². The Bertz CT molecular complexity index is 1430. The van der Waals surface area contributed by atoms with Crippen molar-refractivity contribution in [2.75, 3.05) is 14.2 Å².